The molecule has 0 aliphatic carbocycles. The molecule has 1 aliphatic heterocycles. The molecule has 0 spiro atoms. The fourth-order valence-corrected chi connectivity index (χ4v) is 4.85. The van der Waals surface area contributed by atoms with Crippen LogP contribution in [0.15, 0.2) is 35.2 Å². The fourth-order valence-electron chi connectivity index (χ4n) is 3.09. The minimum absolute atomic E-state index is 0.0108. The van der Waals surface area contributed by atoms with Gasteiger partial charge in [0.2, 0.25) is 0 Å². The van der Waals surface area contributed by atoms with Gasteiger partial charge in [0.15, 0.2) is 0 Å². The maximum Gasteiger partial charge on any atom is 0.265 e. The van der Waals surface area contributed by atoms with E-state index in [1.165, 1.54) is 11.3 Å². The number of carbonyl (C=O) groups excluding carboxylic acids is 2. The first-order valence-electron chi connectivity index (χ1n) is 8.28. The highest BCUT2D eigenvalue weighted by atomic mass is 35.5. The minimum Gasteiger partial charge on any atom is -0.337 e. The third kappa shape index (κ3) is 3.34. The molecule has 1 aliphatic rings. The van der Waals surface area contributed by atoms with Gasteiger partial charge in [-0.3, -0.25) is 9.59 Å². The van der Waals surface area contributed by atoms with E-state index < -0.39 is 0 Å². The second-order valence-electron chi connectivity index (χ2n) is 6.07. The zero-order valence-electron chi connectivity index (χ0n) is 13.9. The number of halogens is 1. The number of nitrogens with zero attached hydrogens (tertiary/aromatic N) is 3. The van der Waals surface area contributed by atoms with Crippen LogP contribution in [-0.2, 0) is 0 Å². The molecular formula is C18H16ClN3O2S2. The third-order valence-electron chi connectivity index (χ3n) is 4.46. The van der Waals surface area contributed by atoms with Crippen molar-refractivity contribution in [1.29, 1.82) is 0 Å². The molecule has 0 atom stereocenters. The largest absolute Gasteiger partial charge is 0.337 e. The van der Waals surface area contributed by atoms with Crippen molar-refractivity contribution < 1.29 is 9.59 Å². The van der Waals surface area contributed by atoms with E-state index >= 15 is 0 Å². The van der Waals surface area contributed by atoms with Gasteiger partial charge in [0.1, 0.15) is 4.88 Å². The SMILES string of the molecule is O=C(c1ccc2scnc2c1)N1CCCN(C(=O)c2sccc2Cl)CC1. The predicted molar refractivity (Wildman–Crippen MR) is 105 cm³/mol. The Morgan fingerprint density at radius 2 is 1.77 bits per heavy atom. The van der Waals surface area contributed by atoms with Crippen LogP contribution in [0.2, 0.25) is 5.02 Å². The van der Waals surface area contributed by atoms with Crippen LogP contribution in [-0.4, -0.2) is 52.8 Å². The second-order valence-corrected chi connectivity index (χ2v) is 8.28. The lowest BCUT2D eigenvalue weighted by Gasteiger charge is -2.22. The smallest absolute Gasteiger partial charge is 0.265 e. The molecule has 3 aromatic rings. The van der Waals surface area contributed by atoms with Gasteiger partial charge < -0.3 is 9.80 Å². The van der Waals surface area contributed by atoms with Crippen LogP contribution >= 0.6 is 34.3 Å². The average Bonchev–Trinajstić information content (AvgIpc) is 3.22. The summed E-state index contributed by atoms with van der Waals surface area (Å²) in [6.45, 7) is 2.29. The van der Waals surface area contributed by atoms with Crippen molar-refractivity contribution in [3.8, 4) is 0 Å². The normalized spacial score (nSPS) is 15.3. The zero-order valence-corrected chi connectivity index (χ0v) is 16.2. The van der Waals surface area contributed by atoms with Gasteiger partial charge in [-0.05, 0) is 36.1 Å². The third-order valence-corrected chi connectivity index (χ3v) is 6.60. The Morgan fingerprint density at radius 1 is 1.00 bits per heavy atom. The molecule has 0 unspecified atom stereocenters. The van der Waals surface area contributed by atoms with E-state index in [1.807, 2.05) is 28.5 Å². The number of hydrogen-bond acceptors (Lipinski definition) is 5. The van der Waals surface area contributed by atoms with Crippen molar-refractivity contribution in [2.45, 2.75) is 6.42 Å². The number of thiophene rings is 1. The van der Waals surface area contributed by atoms with Crippen molar-refractivity contribution in [3.63, 3.8) is 0 Å². The zero-order chi connectivity index (χ0) is 18.1. The molecule has 2 aromatic heterocycles. The van der Waals surface area contributed by atoms with Crippen LogP contribution in [0, 0.1) is 0 Å². The quantitative estimate of drug-likeness (QED) is 0.647. The molecule has 1 saturated heterocycles. The highest BCUT2D eigenvalue weighted by Gasteiger charge is 2.25. The molecule has 5 nitrogen and oxygen atoms in total. The number of thiazole rings is 1. The van der Waals surface area contributed by atoms with Crippen LogP contribution in [0.1, 0.15) is 26.5 Å². The van der Waals surface area contributed by atoms with Gasteiger partial charge in [0.25, 0.3) is 11.8 Å². The van der Waals surface area contributed by atoms with Gasteiger partial charge in [-0.15, -0.1) is 22.7 Å². The number of rotatable bonds is 2. The second kappa shape index (κ2) is 7.34. The number of benzene rings is 1. The number of amides is 2. The number of hydrogen-bond donors (Lipinski definition) is 0. The minimum atomic E-state index is -0.0526. The topological polar surface area (TPSA) is 53.5 Å². The monoisotopic (exact) mass is 405 g/mol. The van der Waals surface area contributed by atoms with Crippen molar-refractivity contribution in [1.82, 2.24) is 14.8 Å². The summed E-state index contributed by atoms with van der Waals surface area (Å²) in [5.41, 5.74) is 3.27. The molecule has 1 aromatic carbocycles. The van der Waals surface area contributed by atoms with Gasteiger partial charge in [-0.2, -0.15) is 0 Å². The molecule has 0 radical (unpaired) electrons. The van der Waals surface area contributed by atoms with E-state index in [2.05, 4.69) is 4.98 Å². The summed E-state index contributed by atoms with van der Waals surface area (Å²) >= 11 is 9.00. The summed E-state index contributed by atoms with van der Waals surface area (Å²) in [4.78, 5) is 33.9. The molecule has 0 N–H and O–H groups in total. The van der Waals surface area contributed by atoms with E-state index in [0.29, 0.717) is 41.6 Å². The summed E-state index contributed by atoms with van der Waals surface area (Å²) in [7, 11) is 0. The van der Waals surface area contributed by atoms with Crippen molar-refractivity contribution in [3.05, 3.63) is 50.6 Å². The van der Waals surface area contributed by atoms with E-state index in [-0.39, 0.29) is 11.8 Å². The molecule has 3 heterocycles. The highest BCUT2D eigenvalue weighted by Crippen LogP contribution is 2.24. The first kappa shape index (κ1) is 17.5. The van der Waals surface area contributed by atoms with Crippen LogP contribution in [0.5, 0.6) is 0 Å². The summed E-state index contributed by atoms with van der Waals surface area (Å²) in [6, 6.07) is 7.36. The maximum atomic E-state index is 12.9. The lowest BCUT2D eigenvalue weighted by atomic mass is 10.2. The van der Waals surface area contributed by atoms with Crippen molar-refractivity contribution in [2.24, 2.45) is 0 Å². The van der Waals surface area contributed by atoms with Crippen molar-refractivity contribution in [2.75, 3.05) is 26.2 Å². The number of fused-ring (bicyclic) bond motifs is 1. The van der Waals surface area contributed by atoms with Crippen LogP contribution < -0.4 is 0 Å². The molecule has 2 amide bonds. The Bertz CT molecular complexity index is 968. The van der Waals surface area contributed by atoms with E-state index in [1.54, 1.807) is 27.8 Å². The summed E-state index contributed by atoms with van der Waals surface area (Å²) in [6.07, 6.45) is 0.749. The Kier molecular flexibility index (Phi) is 4.93. The van der Waals surface area contributed by atoms with E-state index in [0.717, 1.165) is 16.6 Å². The maximum absolute atomic E-state index is 12.9. The van der Waals surface area contributed by atoms with Gasteiger partial charge >= 0.3 is 0 Å². The van der Waals surface area contributed by atoms with E-state index in [9.17, 15) is 9.59 Å². The molecule has 0 bridgehead atoms. The molecule has 8 heteroatoms. The summed E-state index contributed by atoms with van der Waals surface area (Å²) in [5, 5.41) is 2.31. The first-order valence-corrected chi connectivity index (χ1v) is 10.4. The molecule has 26 heavy (non-hydrogen) atoms. The van der Waals surface area contributed by atoms with Crippen LogP contribution in [0.3, 0.4) is 0 Å². The summed E-state index contributed by atoms with van der Waals surface area (Å²) < 4.78 is 1.07. The van der Waals surface area contributed by atoms with Gasteiger partial charge in [-0.1, -0.05) is 11.6 Å². The number of carbonyl (C=O) groups is 2. The molecular weight excluding hydrogens is 390 g/mol. The molecule has 4 rings (SSSR count). The Hall–Kier alpha value is -1.96. The Balaban J connectivity index is 1.47. The molecule has 0 saturated carbocycles. The lowest BCUT2D eigenvalue weighted by Crippen LogP contribution is -2.37. The molecule has 134 valence electrons. The lowest BCUT2D eigenvalue weighted by molar-refractivity contribution is 0.0721. The standard InChI is InChI=1S/C18H16ClN3O2S2/c19-13-4-9-25-16(13)18(24)22-6-1-5-21(7-8-22)17(23)12-2-3-15-14(10-12)20-11-26-15/h2-4,9-11H,1,5-8H2. The molecule has 1 fully saturated rings. The average molecular weight is 406 g/mol. The van der Waals surface area contributed by atoms with Gasteiger partial charge in [0, 0.05) is 31.7 Å². The Labute approximate surface area is 163 Å². The summed E-state index contributed by atoms with van der Waals surface area (Å²) in [5.74, 6) is -0.0634. The fraction of sp³-hybridized carbons (Fsp3) is 0.278. The predicted octanol–water partition coefficient (Wildman–Crippen LogP) is 4.00. The van der Waals surface area contributed by atoms with Crippen LogP contribution in [0.25, 0.3) is 10.2 Å². The van der Waals surface area contributed by atoms with Crippen LogP contribution in [0.4, 0.5) is 0 Å². The first-order chi connectivity index (χ1) is 12.6. The van der Waals surface area contributed by atoms with Gasteiger partial charge in [0.05, 0.1) is 20.7 Å². The van der Waals surface area contributed by atoms with Crippen molar-refractivity contribution >= 4 is 56.3 Å². The highest BCUT2D eigenvalue weighted by molar-refractivity contribution is 7.16. The van der Waals surface area contributed by atoms with E-state index in [4.69, 9.17) is 11.6 Å². The number of aromatic nitrogens is 1. The van der Waals surface area contributed by atoms with Gasteiger partial charge in [-0.25, -0.2) is 4.98 Å². The Morgan fingerprint density at radius 3 is 2.50 bits per heavy atom.